The van der Waals surface area contributed by atoms with Crippen LogP contribution in [0.5, 0.6) is 0 Å². The van der Waals surface area contributed by atoms with Gasteiger partial charge in [-0.25, -0.2) is 4.68 Å². The van der Waals surface area contributed by atoms with Crippen LogP contribution in [0, 0.1) is 0 Å². The second-order valence-electron chi connectivity index (χ2n) is 4.52. The molecule has 0 bridgehead atoms. The third kappa shape index (κ3) is 3.16. The summed E-state index contributed by atoms with van der Waals surface area (Å²) in [6.07, 6.45) is 1.63. The first-order chi connectivity index (χ1) is 10.6. The Labute approximate surface area is 141 Å². The van der Waals surface area contributed by atoms with Crippen LogP contribution in [0.15, 0.2) is 48.0 Å². The molecule has 2 aromatic heterocycles. The maximum atomic E-state index is 12.1. The summed E-state index contributed by atoms with van der Waals surface area (Å²) in [5.41, 5.74) is 0.837. The van der Waals surface area contributed by atoms with Crippen LogP contribution >= 0.6 is 34.5 Å². The van der Waals surface area contributed by atoms with E-state index in [1.165, 1.54) is 11.3 Å². The van der Waals surface area contributed by atoms with Crippen LogP contribution in [-0.4, -0.2) is 15.7 Å². The van der Waals surface area contributed by atoms with Crippen LogP contribution in [0.1, 0.15) is 15.2 Å². The predicted molar refractivity (Wildman–Crippen MR) is 90.1 cm³/mol. The molecule has 112 valence electrons. The second-order valence-corrected chi connectivity index (χ2v) is 6.25. The first-order valence-electron chi connectivity index (χ1n) is 6.44. The van der Waals surface area contributed by atoms with Gasteiger partial charge < -0.3 is 5.32 Å². The average molecular weight is 352 g/mol. The molecule has 0 atom stereocenters. The molecule has 0 aliphatic heterocycles. The van der Waals surface area contributed by atoms with Crippen molar-refractivity contribution in [3.63, 3.8) is 0 Å². The maximum absolute atomic E-state index is 12.1. The average Bonchev–Trinajstić information content (AvgIpc) is 3.16. The normalized spacial score (nSPS) is 10.6. The Morgan fingerprint density at radius 2 is 2.09 bits per heavy atom. The van der Waals surface area contributed by atoms with E-state index < -0.39 is 0 Å². The molecule has 0 unspecified atom stereocenters. The number of nitrogens with one attached hydrogen (secondary N) is 1. The van der Waals surface area contributed by atoms with E-state index in [1.54, 1.807) is 29.1 Å². The zero-order valence-corrected chi connectivity index (χ0v) is 13.6. The standard InChI is InChI=1S/C15H11Cl2N3OS/c16-11-4-1-3-10(14(11)17)9-20-13(6-7-18-20)19-15(21)12-5-2-8-22-12/h1-8H,9H2,(H,19,21). The van der Waals surface area contributed by atoms with Crippen LogP contribution < -0.4 is 5.32 Å². The third-order valence-corrected chi connectivity index (χ3v) is 4.78. The Morgan fingerprint density at radius 3 is 2.86 bits per heavy atom. The molecule has 1 amide bonds. The van der Waals surface area contributed by atoms with Gasteiger partial charge in [0, 0.05) is 6.07 Å². The SMILES string of the molecule is O=C(Nc1ccnn1Cc1cccc(Cl)c1Cl)c1cccs1. The number of hydrogen-bond acceptors (Lipinski definition) is 3. The van der Waals surface area contributed by atoms with Crippen molar-refractivity contribution in [1.29, 1.82) is 0 Å². The van der Waals surface area contributed by atoms with Gasteiger partial charge in [-0.3, -0.25) is 4.79 Å². The van der Waals surface area contributed by atoms with Crippen molar-refractivity contribution in [2.24, 2.45) is 0 Å². The zero-order valence-electron chi connectivity index (χ0n) is 11.3. The topological polar surface area (TPSA) is 46.9 Å². The summed E-state index contributed by atoms with van der Waals surface area (Å²) >= 11 is 13.6. The number of anilines is 1. The molecular weight excluding hydrogens is 341 g/mol. The fraction of sp³-hybridized carbons (Fsp3) is 0.0667. The summed E-state index contributed by atoms with van der Waals surface area (Å²) in [6, 6.07) is 10.8. The van der Waals surface area contributed by atoms with Crippen molar-refractivity contribution in [3.05, 3.63) is 68.5 Å². The van der Waals surface area contributed by atoms with Gasteiger partial charge in [-0.2, -0.15) is 5.10 Å². The summed E-state index contributed by atoms with van der Waals surface area (Å²) in [7, 11) is 0. The number of amides is 1. The minimum Gasteiger partial charge on any atom is -0.306 e. The zero-order chi connectivity index (χ0) is 15.5. The van der Waals surface area contributed by atoms with E-state index in [1.807, 2.05) is 23.6 Å². The number of benzene rings is 1. The lowest BCUT2D eigenvalue weighted by atomic mass is 10.2. The predicted octanol–water partition coefficient (Wildman–Crippen LogP) is 4.55. The summed E-state index contributed by atoms with van der Waals surface area (Å²) < 4.78 is 1.67. The van der Waals surface area contributed by atoms with Crippen LogP contribution in [0.25, 0.3) is 0 Å². The third-order valence-electron chi connectivity index (χ3n) is 3.05. The highest BCUT2D eigenvalue weighted by Gasteiger charge is 2.12. The van der Waals surface area contributed by atoms with E-state index >= 15 is 0 Å². The van der Waals surface area contributed by atoms with Crippen molar-refractivity contribution >= 4 is 46.3 Å². The number of carbonyl (C=O) groups excluding carboxylic acids is 1. The first kappa shape index (κ1) is 15.1. The largest absolute Gasteiger partial charge is 0.306 e. The molecule has 0 radical (unpaired) electrons. The molecule has 4 nitrogen and oxygen atoms in total. The Hall–Kier alpha value is -1.82. The van der Waals surface area contributed by atoms with E-state index in [0.29, 0.717) is 27.3 Å². The van der Waals surface area contributed by atoms with Crippen LogP contribution in [0.4, 0.5) is 5.82 Å². The highest BCUT2D eigenvalue weighted by molar-refractivity contribution is 7.12. The van der Waals surface area contributed by atoms with Gasteiger partial charge in [0.2, 0.25) is 0 Å². The van der Waals surface area contributed by atoms with Crippen molar-refractivity contribution in [2.45, 2.75) is 6.54 Å². The Bertz CT molecular complexity index is 799. The molecule has 0 spiro atoms. The molecule has 22 heavy (non-hydrogen) atoms. The number of halogens is 2. The number of hydrogen-bond donors (Lipinski definition) is 1. The minimum atomic E-state index is -0.158. The van der Waals surface area contributed by atoms with Crippen molar-refractivity contribution < 1.29 is 4.79 Å². The van der Waals surface area contributed by atoms with E-state index in [2.05, 4.69) is 10.4 Å². The number of aromatic nitrogens is 2. The fourth-order valence-corrected chi connectivity index (χ4v) is 2.98. The molecule has 1 aromatic carbocycles. The van der Waals surface area contributed by atoms with Crippen molar-refractivity contribution in [3.8, 4) is 0 Å². The molecule has 0 aliphatic rings. The second kappa shape index (κ2) is 6.52. The van der Waals surface area contributed by atoms with Crippen LogP contribution in [-0.2, 0) is 6.54 Å². The van der Waals surface area contributed by atoms with Gasteiger partial charge in [-0.05, 0) is 23.1 Å². The van der Waals surface area contributed by atoms with Crippen LogP contribution in [0.3, 0.4) is 0 Å². The molecule has 0 aliphatic carbocycles. The minimum absolute atomic E-state index is 0.158. The van der Waals surface area contributed by atoms with Gasteiger partial charge in [-0.15, -0.1) is 11.3 Å². The summed E-state index contributed by atoms with van der Waals surface area (Å²) in [5, 5.41) is 9.91. The van der Waals surface area contributed by atoms with Crippen molar-refractivity contribution in [1.82, 2.24) is 9.78 Å². The molecular formula is C15H11Cl2N3OS. The van der Waals surface area contributed by atoms with Gasteiger partial charge >= 0.3 is 0 Å². The lowest BCUT2D eigenvalue weighted by molar-refractivity contribution is 0.102. The van der Waals surface area contributed by atoms with Gasteiger partial charge in [0.25, 0.3) is 5.91 Å². The number of carbonyl (C=O) groups is 1. The molecule has 1 N–H and O–H groups in total. The Kier molecular flexibility index (Phi) is 4.47. The number of rotatable bonds is 4. The summed E-state index contributed by atoms with van der Waals surface area (Å²) in [4.78, 5) is 12.8. The number of nitrogens with zero attached hydrogens (tertiary/aromatic N) is 2. The molecule has 3 rings (SSSR count). The molecule has 2 heterocycles. The first-order valence-corrected chi connectivity index (χ1v) is 8.08. The van der Waals surface area contributed by atoms with E-state index in [4.69, 9.17) is 23.2 Å². The van der Waals surface area contributed by atoms with Gasteiger partial charge in [0.05, 0.1) is 27.7 Å². The smallest absolute Gasteiger partial charge is 0.266 e. The molecule has 0 saturated carbocycles. The lowest BCUT2D eigenvalue weighted by Gasteiger charge is -2.10. The van der Waals surface area contributed by atoms with Gasteiger partial charge in [-0.1, -0.05) is 41.4 Å². The summed E-state index contributed by atoms with van der Waals surface area (Å²) in [5.74, 6) is 0.448. The van der Waals surface area contributed by atoms with E-state index in [-0.39, 0.29) is 5.91 Å². The molecule has 3 aromatic rings. The highest BCUT2D eigenvalue weighted by atomic mass is 35.5. The van der Waals surface area contributed by atoms with E-state index in [9.17, 15) is 4.79 Å². The van der Waals surface area contributed by atoms with Crippen LogP contribution in [0.2, 0.25) is 10.0 Å². The number of thiophene rings is 1. The monoisotopic (exact) mass is 351 g/mol. The van der Waals surface area contributed by atoms with Crippen molar-refractivity contribution in [2.75, 3.05) is 5.32 Å². The molecule has 0 saturated heterocycles. The highest BCUT2D eigenvalue weighted by Crippen LogP contribution is 2.26. The lowest BCUT2D eigenvalue weighted by Crippen LogP contribution is -2.15. The van der Waals surface area contributed by atoms with Gasteiger partial charge in [0.1, 0.15) is 5.82 Å². The Morgan fingerprint density at radius 1 is 1.23 bits per heavy atom. The Balaban J connectivity index is 1.80. The van der Waals surface area contributed by atoms with E-state index in [0.717, 1.165) is 5.56 Å². The quantitative estimate of drug-likeness (QED) is 0.749. The maximum Gasteiger partial charge on any atom is 0.266 e. The molecule has 0 fully saturated rings. The summed E-state index contributed by atoms with van der Waals surface area (Å²) in [6.45, 7) is 0.423. The fourth-order valence-electron chi connectivity index (χ4n) is 1.98. The van der Waals surface area contributed by atoms with Gasteiger partial charge in [0.15, 0.2) is 0 Å². The molecule has 7 heteroatoms.